The summed E-state index contributed by atoms with van der Waals surface area (Å²) in [6.07, 6.45) is 0. The maximum Gasteiger partial charge on any atom is 0.0767 e. The molecule has 0 amide bonds. The van der Waals surface area contributed by atoms with E-state index in [1.807, 2.05) is 12.1 Å². The predicted octanol–water partition coefficient (Wildman–Crippen LogP) is 2.84. The van der Waals surface area contributed by atoms with E-state index in [1.54, 1.807) is 0 Å². The molecule has 76 valence electrons. The molecule has 1 N–H and O–H groups in total. The number of hydrogen-bond donors (Lipinski definition) is 1. The number of halogens is 1. The Hall–Kier alpha value is -0.890. The number of benzene rings is 1. The molecule has 1 unspecified atom stereocenters. The molecule has 0 radical (unpaired) electrons. The second kappa shape index (κ2) is 3.70. The second-order valence-electron chi connectivity index (χ2n) is 4.00. The Morgan fingerprint density at radius 3 is 3.07 bits per heavy atom. The average molecular weight is 211 g/mol. The lowest BCUT2D eigenvalue weighted by Gasteiger charge is -2.20. The van der Waals surface area contributed by atoms with Crippen molar-refractivity contribution in [2.24, 2.45) is 5.92 Å². The van der Waals surface area contributed by atoms with Gasteiger partial charge in [-0.2, -0.15) is 0 Å². The molecule has 0 spiro atoms. The van der Waals surface area contributed by atoms with Gasteiger partial charge in [0.25, 0.3) is 0 Å². The average Bonchev–Trinajstić information content (AvgIpc) is 2.28. The van der Waals surface area contributed by atoms with Crippen LogP contribution in [0.5, 0.6) is 0 Å². The van der Waals surface area contributed by atoms with Gasteiger partial charge in [0, 0.05) is 20.1 Å². The van der Waals surface area contributed by atoms with Crippen LogP contribution in [-0.2, 0) is 0 Å². The summed E-state index contributed by atoms with van der Waals surface area (Å²) in [6, 6.07) is 6.03. The van der Waals surface area contributed by atoms with Gasteiger partial charge in [-0.15, -0.1) is 0 Å². The van der Waals surface area contributed by atoms with E-state index in [4.69, 9.17) is 11.6 Å². The van der Waals surface area contributed by atoms with Crippen LogP contribution >= 0.6 is 11.6 Å². The standard InChI is InChI=1S/C11H15ClN2/c1-8-6-13-11-9(12)4-3-5-10(11)14(2)7-8/h3-5,8,13H,6-7H2,1-2H3. The SMILES string of the molecule is CC1CNc2c(Cl)cccc2N(C)C1. The van der Waals surface area contributed by atoms with Crippen LogP contribution in [0.25, 0.3) is 0 Å². The number of rotatable bonds is 0. The smallest absolute Gasteiger partial charge is 0.0767 e. The summed E-state index contributed by atoms with van der Waals surface area (Å²) in [5.74, 6) is 0.642. The van der Waals surface area contributed by atoms with E-state index >= 15 is 0 Å². The van der Waals surface area contributed by atoms with E-state index in [1.165, 1.54) is 5.69 Å². The fourth-order valence-corrected chi connectivity index (χ4v) is 2.15. The van der Waals surface area contributed by atoms with E-state index in [0.29, 0.717) is 5.92 Å². The number of anilines is 2. The van der Waals surface area contributed by atoms with Crippen LogP contribution in [0.15, 0.2) is 18.2 Å². The first-order valence-corrected chi connectivity index (χ1v) is 5.30. The van der Waals surface area contributed by atoms with Crippen LogP contribution in [0.1, 0.15) is 6.92 Å². The highest BCUT2D eigenvalue weighted by atomic mass is 35.5. The maximum absolute atomic E-state index is 6.14. The quantitative estimate of drug-likeness (QED) is 0.709. The molecule has 1 aromatic carbocycles. The molecule has 3 heteroatoms. The van der Waals surface area contributed by atoms with Gasteiger partial charge in [0.1, 0.15) is 0 Å². The van der Waals surface area contributed by atoms with Gasteiger partial charge in [0.2, 0.25) is 0 Å². The van der Waals surface area contributed by atoms with Crippen LogP contribution in [0.3, 0.4) is 0 Å². The van der Waals surface area contributed by atoms with Crippen molar-refractivity contribution < 1.29 is 0 Å². The first-order chi connectivity index (χ1) is 6.68. The molecule has 0 saturated heterocycles. The lowest BCUT2D eigenvalue weighted by molar-refractivity contribution is 0.618. The third-order valence-corrected chi connectivity index (χ3v) is 2.93. The summed E-state index contributed by atoms with van der Waals surface area (Å²) in [6.45, 7) is 4.30. The zero-order valence-electron chi connectivity index (χ0n) is 8.55. The van der Waals surface area contributed by atoms with E-state index in [2.05, 4.69) is 30.3 Å². The highest BCUT2D eigenvalue weighted by molar-refractivity contribution is 6.34. The molecule has 0 fully saturated rings. The van der Waals surface area contributed by atoms with E-state index in [9.17, 15) is 0 Å². The zero-order chi connectivity index (χ0) is 10.1. The predicted molar refractivity (Wildman–Crippen MR) is 62.4 cm³/mol. The summed E-state index contributed by atoms with van der Waals surface area (Å²) in [4.78, 5) is 2.26. The van der Waals surface area contributed by atoms with Crippen molar-refractivity contribution in [1.29, 1.82) is 0 Å². The number of fused-ring (bicyclic) bond motifs is 1. The Morgan fingerprint density at radius 2 is 2.29 bits per heavy atom. The highest BCUT2D eigenvalue weighted by Crippen LogP contribution is 2.34. The topological polar surface area (TPSA) is 15.3 Å². The molecule has 1 atom stereocenters. The minimum atomic E-state index is 0.642. The van der Waals surface area contributed by atoms with Crippen LogP contribution in [0, 0.1) is 5.92 Å². The number of nitrogens with zero attached hydrogens (tertiary/aromatic N) is 1. The van der Waals surface area contributed by atoms with Gasteiger partial charge in [0.15, 0.2) is 0 Å². The van der Waals surface area contributed by atoms with E-state index in [-0.39, 0.29) is 0 Å². The molecule has 1 aliphatic rings. The van der Waals surface area contributed by atoms with E-state index < -0.39 is 0 Å². The summed E-state index contributed by atoms with van der Waals surface area (Å²) in [5.41, 5.74) is 2.27. The number of hydrogen-bond acceptors (Lipinski definition) is 2. The minimum absolute atomic E-state index is 0.642. The summed E-state index contributed by atoms with van der Waals surface area (Å²) >= 11 is 6.14. The molecule has 0 saturated carbocycles. The van der Waals surface area contributed by atoms with Crippen molar-refractivity contribution in [2.75, 3.05) is 30.4 Å². The zero-order valence-corrected chi connectivity index (χ0v) is 9.30. The molecule has 0 aliphatic carbocycles. The number of nitrogens with one attached hydrogen (secondary N) is 1. The molecule has 0 bridgehead atoms. The Bertz CT molecular complexity index is 338. The summed E-state index contributed by atoms with van der Waals surface area (Å²) < 4.78 is 0. The monoisotopic (exact) mass is 210 g/mol. The first-order valence-electron chi connectivity index (χ1n) is 4.92. The van der Waals surface area contributed by atoms with Crippen LogP contribution in [0.2, 0.25) is 5.02 Å². The molecule has 2 nitrogen and oxygen atoms in total. The van der Waals surface area contributed by atoms with Gasteiger partial charge >= 0.3 is 0 Å². The Morgan fingerprint density at radius 1 is 1.50 bits per heavy atom. The van der Waals surface area contributed by atoms with Crippen molar-refractivity contribution >= 4 is 23.0 Å². The molecule has 0 aromatic heterocycles. The van der Waals surface area contributed by atoms with Gasteiger partial charge in [-0.1, -0.05) is 24.6 Å². The molecule has 1 heterocycles. The van der Waals surface area contributed by atoms with Gasteiger partial charge < -0.3 is 10.2 Å². The minimum Gasteiger partial charge on any atom is -0.382 e. The lowest BCUT2D eigenvalue weighted by Crippen LogP contribution is -2.23. The van der Waals surface area contributed by atoms with Crippen molar-refractivity contribution in [1.82, 2.24) is 0 Å². The molecule has 1 aliphatic heterocycles. The fourth-order valence-electron chi connectivity index (χ4n) is 1.91. The molecular formula is C11H15ClN2. The molecule has 14 heavy (non-hydrogen) atoms. The normalized spacial score (nSPS) is 21.1. The van der Waals surface area contributed by atoms with Gasteiger partial charge in [0.05, 0.1) is 16.4 Å². The Kier molecular flexibility index (Phi) is 2.55. The first kappa shape index (κ1) is 9.66. The van der Waals surface area contributed by atoms with Gasteiger partial charge in [-0.25, -0.2) is 0 Å². The van der Waals surface area contributed by atoms with Crippen molar-refractivity contribution in [3.05, 3.63) is 23.2 Å². The summed E-state index contributed by atoms with van der Waals surface area (Å²) in [5, 5.41) is 4.21. The molecule has 2 rings (SSSR count). The lowest BCUT2D eigenvalue weighted by atomic mass is 10.2. The van der Waals surface area contributed by atoms with Crippen molar-refractivity contribution in [3.8, 4) is 0 Å². The molecule has 1 aromatic rings. The molecular weight excluding hydrogens is 196 g/mol. The highest BCUT2D eigenvalue weighted by Gasteiger charge is 2.17. The fraction of sp³-hybridized carbons (Fsp3) is 0.455. The Labute approximate surface area is 89.9 Å². The maximum atomic E-state index is 6.14. The van der Waals surface area contributed by atoms with Gasteiger partial charge in [-0.05, 0) is 18.1 Å². The van der Waals surface area contributed by atoms with Gasteiger partial charge in [-0.3, -0.25) is 0 Å². The van der Waals surface area contributed by atoms with Crippen LogP contribution in [0.4, 0.5) is 11.4 Å². The van der Waals surface area contributed by atoms with Crippen molar-refractivity contribution in [2.45, 2.75) is 6.92 Å². The van der Waals surface area contributed by atoms with Crippen LogP contribution in [-0.4, -0.2) is 20.1 Å². The third-order valence-electron chi connectivity index (χ3n) is 2.62. The largest absolute Gasteiger partial charge is 0.382 e. The van der Waals surface area contributed by atoms with Crippen LogP contribution < -0.4 is 10.2 Å². The Balaban J connectivity index is 2.43. The van der Waals surface area contributed by atoms with Crippen molar-refractivity contribution in [3.63, 3.8) is 0 Å². The number of para-hydroxylation sites is 1. The third kappa shape index (κ3) is 1.67. The second-order valence-corrected chi connectivity index (χ2v) is 4.41. The van der Waals surface area contributed by atoms with E-state index in [0.717, 1.165) is 23.8 Å². The summed E-state index contributed by atoms with van der Waals surface area (Å²) in [7, 11) is 2.11.